The minimum Gasteiger partial charge on any atom is -0.489 e. The van der Waals surface area contributed by atoms with Crippen LogP contribution in [-0.4, -0.2) is 18.8 Å². The van der Waals surface area contributed by atoms with E-state index < -0.39 is 0 Å². The standard InChI is InChI=1S/C12H17Cl2NO2/c1-12(2,3)17-5-4-16-11-7-9(14)8(13)6-10(11)15/h6-7H,4-5,15H2,1-3H3. The predicted octanol–water partition coefficient (Wildman–Crippen LogP) is 3.77. The van der Waals surface area contributed by atoms with E-state index in [2.05, 4.69) is 0 Å². The summed E-state index contributed by atoms with van der Waals surface area (Å²) >= 11 is 11.7. The highest BCUT2D eigenvalue weighted by Crippen LogP contribution is 2.32. The van der Waals surface area contributed by atoms with Crippen LogP contribution >= 0.6 is 23.2 Å². The summed E-state index contributed by atoms with van der Waals surface area (Å²) in [6.07, 6.45) is 0. The summed E-state index contributed by atoms with van der Waals surface area (Å²) in [5, 5.41) is 0.843. The van der Waals surface area contributed by atoms with Crippen molar-refractivity contribution < 1.29 is 9.47 Å². The maximum atomic E-state index is 5.87. The monoisotopic (exact) mass is 277 g/mol. The van der Waals surface area contributed by atoms with Crippen LogP contribution in [0.15, 0.2) is 12.1 Å². The molecule has 0 radical (unpaired) electrons. The molecule has 1 rings (SSSR count). The highest BCUT2D eigenvalue weighted by atomic mass is 35.5. The van der Waals surface area contributed by atoms with Crippen LogP contribution in [0.2, 0.25) is 10.0 Å². The van der Waals surface area contributed by atoms with Gasteiger partial charge in [-0.2, -0.15) is 0 Å². The number of anilines is 1. The van der Waals surface area contributed by atoms with Crippen LogP contribution in [0.4, 0.5) is 5.69 Å². The first kappa shape index (κ1) is 14.4. The summed E-state index contributed by atoms with van der Waals surface area (Å²) in [5.74, 6) is 0.525. The van der Waals surface area contributed by atoms with Crippen LogP contribution in [0.1, 0.15) is 20.8 Å². The first-order chi connectivity index (χ1) is 7.79. The number of benzene rings is 1. The van der Waals surface area contributed by atoms with Gasteiger partial charge in [-0.3, -0.25) is 0 Å². The Morgan fingerprint density at radius 3 is 2.29 bits per heavy atom. The highest BCUT2D eigenvalue weighted by Gasteiger charge is 2.10. The third-order valence-corrected chi connectivity index (χ3v) is 2.65. The molecule has 0 spiro atoms. The number of hydrogen-bond acceptors (Lipinski definition) is 3. The average molecular weight is 278 g/mol. The number of nitrogens with two attached hydrogens (primary N) is 1. The molecule has 0 aromatic heterocycles. The Balaban J connectivity index is 2.50. The van der Waals surface area contributed by atoms with Crippen LogP contribution in [0.3, 0.4) is 0 Å². The lowest BCUT2D eigenvalue weighted by Crippen LogP contribution is -2.22. The summed E-state index contributed by atoms with van der Waals surface area (Å²) in [6.45, 7) is 6.87. The molecule has 0 saturated heterocycles. The molecule has 0 atom stereocenters. The quantitative estimate of drug-likeness (QED) is 0.673. The fourth-order valence-electron chi connectivity index (χ4n) is 1.17. The second-order valence-electron chi connectivity index (χ2n) is 4.61. The Morgan fingerprint density at radius 2 is 1.71 bits per heavy atom. The van der Waals surface area contributed by atoms with Crippen molar-refractivity contribution in [3.8, 4) is 5.75 Å². The van der Waals surface area contributed by atoms with Crippen molar-refractivity contribution in [3.05, 3.63) is 22.2 Å². The van der Waals surface area contributed by atoms with Crippen molar-refractivity contribution in [1.29, 1.82) is 0 Å². The van der Waals surface area contributed by atoms with Crippen molar-refractivity contribution in [3.63, 3.8) is 0 Å². The summed E-state index contributed by atoms with van der Waals surface area (Å²) in [6, 6.07) is 3.18. The van der Waals surface area contributed by atoms with Gasteiger partial charge in [0, 0.05) is 6.07 Å². The molecule has 0 aliphatic heterocycles. The van der Waals surface area contributed by atoms with E-state index in [0.717, 1.165) is 0 Å². The summed E-state index contributed by atoms with van der Waals surface area (Å²) in [7, 11) is 0. The Kier molecular flexibility index (Phi) is 4.92. The fourth-order valence-corrected chi connectivity index (χ4v) is 1.49. The molecule has 96 valence electrons. The third-order valence-electron chi connectivity index (χ3n) is 1.93. The molecule has 0 bridgehead atoms. The summed E-state index contributed by atoms with van der Waals surface area (Å²) < 4.78 is 11.0. The molecule has 0 unspecified atom stereocenters. The second kappa shape index (κ2) is 5.80. The van der Waals surface area contributed by atoms with Crippen molar-refractivity contribution in [2.45, 2.75) is 26.4 Å². The van der Waals surface area contributed by atoms with E-state index in [1.807, 2.05) is 20.8 Å². The van der Waals surface area contributed by atoms with E-state index in [-0.39, 0.29) is 5.60 Å². The number of hydrogen-bond donors (Lipinski definition) is 1. The molecule has 0 amide bonds. The lowest BCUT2D eigenvalue weighted by Gasteiger charge is -2.19. The van der Waals surface area contributed by atoms with E-state index in [4.69, 9.17) is 38.4 Å². The minimum absolute atomic E-state index is 0.174. The molecule has 2 N–H and O–H groups in total. The molecule has 3 nitrogen and oxygen atoms in total. The minimum atomic E-state index is -0.174. The maximum Gasteiger partial charge on any atom is 0.143 e. The Bertz CT molecular complexity index is 389. The normalized spacial score (nSPS) is 11.6. The van der Waals surface area contributed by atoms with E-state index in [1.165, 1.54) is 0 Å². The van der Waals surface area contributed by atoms with E-state index >= 15 is 0 Å². The van der Waals surface area contributed by atoms with Crippen molar-refractivity contribution in [2.75, 3.05) is 18.9 Å². The Labute approximate surface area is 112 Å². The Hall–Kier alpha value is -0.640. The molecule has 17 heavy (non-hydrogen) atoms. The molecule has 0 aliphatic rings. The van der Waals surface area contributed by atoms with Gasteiger partial charge in [0.25, 0.3) is 0 Å². The zero-order valence-corrected chi connectivity index (χ0v) is 11.7. The molecule has 0 heterocycles. The number of halogens is 2. The van der Waals surface area contributed by atoms with Gasteiger partial charge in [-0.1, -0.05) is 23.2 Å². The zero-order chi connectivity index (χ0) is 13.1. The van der Waals surface area contributed by atoms with E-state index in [1.54, 1.807) is 12.1 Å². The molecule has 1 aromatic rings. The molecule has 0 fully saturated rings. The maximum absolute atomic E-state index is 5.87. The van der Waals surface area contributed by atoms with Gasteiger partial charge in [-0.05, 0) is 26.8 Å². The van der Waals surface area contributed by atoms with Crippen molar-refractivity contribution in [1.82, 2.24) is 0 Å². The number of rotatable bonds is 4. The van der Waals surface area contributed by atoms with Crippen LogP contribution in [0.25, 0.3) is 0 Å². The first-order valence-corrected chi connectivity index (χ1v) is 6.06. The van der Waals surface area contributed by atoms with Gasteiger partial charge in [0.05, 0.1) is 27.9 Å². The summed E-state index contributed by atoms with van der Waals surface area (Å²) in [5.41, 5.74) is 6.04. The molecule has 0 saturated carbocycles. The molecular weight excluding hydrogens is 261 g/mol. The number of nitrogen functional groups attached to an aromatic ring is 1. The van der Waals surface area contributed by atoms with E-state index in [0.29, 0.717) is 34.7 Å². The van der Waals surface area contributed by atoms with E-state index in [9.17, 15) is 0 Å². The average Bonchev–Trinajstić information content (AvgIpc) is 2.18. The van der Waals surface area contributed by atoms with Gasteiger partial charge in [0.1, 0.15) is 12.4 Å². The van der Waals surface area contributed by atoms with Crippen LogP contribution in [-0.2, 0) is 4.74 Å². The lowest BCUT2D eigenvalue weighted by atomic mass is 10.2. The van der Waals surface area contributed by atoms with Crippen molar-refractivity contribution in [2.24, 2.45) is 0 Å². The fraction of sp³-hybridized carbons (Fsp3) is 0.500. The van der Waals surface area contributed by atoms with Gasteiger partial charge >= 0.3 is 0 Å². The van der Waals surface area contributed by atoms with Gasteiger partial charge in [-0.15, -0.1) is 0 Å². The topological polar surface area (TPSA) is 44.5 Å². The smallest absolute Gasteiger partial charge is 0.143 e. The molecular formula is C12H17Cl2NO2. The molecule has 0 aliphatic carbocycles. The molecule has 1 aromatic carbocycles. The largest absolute Gasteiger partial charge is 0.489 e. The van der Waals surface area contributed by atoms with Crippen LogP contribution in [0.5, 0.6) is 5.75 Å². The van der Waals surface area contributed by atoms with Gasteiger partial charge in [-0.25, -0.2) is 0 Å². The third kappa shape index (κ3) is 5.02. The zero-order valence-electron chi connectivity index (χ0n) is 10.2. The van der Waals surface area contributed by atoms with Gasteiger partial charge < -0.3 is 15.2 Å². The predicted molar refractivity (Wildman–Crippen MR) is 72.1 cm³/mol. The number of ether oxygens (including phenoxy) is 2. The van der Waals surface area contributed by atoms with Gasteiger partial charge in [0.15, 0.2) is 0 Å². The van der Waals surface area contributed by atoms with Gasteiger partial charge in [0.2, 0.25) is 0 Å². The SMILES string of the molecule is CC(C)(C)OCCOc1cc(Cl)c(Cl)cc1N. The first-order valence-electron chi connectivity index (χ1n) is 5.31. The summed E-state index contributed by atoms with van der Waals surface area (Å²) in [4.78, 5) is 0. The second-order valence-corrected chi connectivity index (χ2v) is 5.43. The molecule has 5 heteroatoms. The lowest BCUT2D eigenvalue weighted by molar-refractivity contribution is -0.0162. The van der Waals surface area contributed by atoms with Crippen LogP contribution < -0.4 is 10.5 Å². The Morgan fingerprint density at radius 1 is 1.12 bits per heavy atom. The van der Waals surface area contributed by atoms with Crippen molar-refractivity contribution >= 4 is 28.9 Å². The van der Waals surface area contributed by atoms with Crippen LogP contribution in [0, 0.1) is 0 Å². The highest BCUT2D eigenvalue weighted by molar-refractivity contribution is 6.42.